The largest absolute Gasteiger partial charge is 0.378 e. The molecule has 0 radical (unpaired) electrons. The Morgan fingerprint density at radius 2 is 1.96 bits per heavy atom. The molecule has 0 aliphatic carbocycles. The van der Waals surface area contributed by atoms with Crippen LogP contribution in [-0.2, 0) is 4.74 Å². The fourth-order valence-corrected chi connectivity index (χ4v) is 3.27. The monoisotopic (exact) mass is 350 g/mol. The molecule has 8 heteroatoms. The van der Waals surface area contributed by atoms with Crippen molar-refractivity contribution >= 4 is 34.9 Å². The molecule has 0 bridgehead atoms. The highest BCUT2D eigenvalue weighted by atomic mass is 32.1. The Hall–Kier alpha value is -1.67. The summed E-state index contributed by atoms with van der Waals surface area (Å²) in [6, 6.07) is 2.59. The molecule has 2 aliphatic heterocycles. The van der Waals surface area contributed by atoms with Crippen molar-refractivity contribution in [2.75, 3.05) is 55.0 Å². The van der Waals surface area contributed by atoms with Crippen molar-refractivity contribution in [1.29, 1.82) is 0 Å². The van der Waals surface area contributed by atoms with Crippen molar-refractivity contribution in [3.05, 3.63) is 6.07 Å². The molecule has 1 unspecified atom stereocenters. The van der Waals surface area contributed by atoms with Crippen molar-refractivity contribution in [3.63, 3.8) is 0 Å². The maximum Gasteiger partial charge on any atom is 0.232 e. The average Bonchev–Trinajstić information content (AvgIpc) is 2.62. The maximum absolute atomic E-state index is 5.46. The zero-order valence-electron chi connectivity index (χ0n) is 14.4. The van der Waals surface area contributed by atoms with Crippen LogP contribution >= 0.6 is 12.2 Å². The molecule has 132 valence electrons. The minimum absolute atomic E-state index is 0.496. The van der Waals surface area contributed by atoms with Gasteiger partial charge in [-0.3, -0.25) is 0 Å². The van der Waals surface area contributed by atoms with Gasteiger partial charge in [-0.2, -0.15) is 9.97 Å². The van der Waals surface area contributed by atoms with Gasteiger partial charge in [0.1, 0.15) is 11.6 Å². The van der Waals surface area contributed by atoms with Gasteiger partial charge in [-0.1, -0.05) is 0 Å². The standard InChI is InChI=1S/C16H26N6OS/c1-12-5-3-4-6-22(12)14-11-13(21-7-9-23-10-8-21)18-15(19-14)20-16(24)17-2/h11-12H,3-10H2,1-2H3,(H2,17,18,19,20,24). The molecular formula is C16H26N6OS. The Morgan fingerprint density at radius 3 is 2.67 bits per heavy atom. The van der Waals surface area contributed by atoms with Crippen molar-refractivity contribution in [1.82, 2.24) is 15.3 Å². The van der Waals surface area contributed by atoms with Gasteiger partial charge in [0.05, 0.1) is 13.2 Å². The minimum Gasteiger partial charge on any atom is -0.378 e. The second-order valence-corrected chi connectivity index (χ2v) is 6.66. The number of morpholine rings is 1. The molecule has 2 aliphatic rings. The number of rotatable bonds is 3. The van der Waals surface area contributed by atoms with Crippen LogP contribution in [0.4, 0.5) is 17.6 Å². The molecule has 3 rings (SSSR count). The Labute approximate surface area is 148 Å². The van der Waals surface area contributed by atoms with Gasteiger partial charge in [-0.15, -0.1) is 0 Å². The topological polar surface area (TPSA) is 65.6 Å². The first-order valence-corrected chi connectivity index (χ1v) is 9.05. The number of nitrogens with one attached hydrogen (secondary N) is 2. The summed E-state index contributed by atoms with van der Waals surface area (Å²) in [7, 11) is 1.79. The van der Waals surface area contributed by atoms with E-state index in [4.69, 9.17) is 21.9 Å². The number of hydrogen-bond donors (Lipinski definition) is 2. The van der Waals surface area contributed by atoms with Crippen LogP contribution in [0.1, 0.15) is 26.2 Å². The van der Waals surface area contributed by atoms with E-state index in [2.05, 4.69) is 38.4 Å². The summed E-state index contributed by atoms with van der Waals surface area (Å²) in [6.45, 7) is 6.47. The molecule has 2 saturated heterocycles. The average molecular weight is 350 g/mol. The Bertz CT molecular complexity index is 578. The summed E-state index contributed by atoms with van der Waals surface area (Å²) in [5.41, 5.74) is 0. The van der Waals surface area contributed by atoms with E-state index >= 15 is 0 Å². The lowest BCUT2D eigenvalue weighted by atomic mass is 10.0. The molecule has 0 aromatic carbocycles. The summed E-state index contributed by atoms with van der Waals surface area (Å²) >= 11 is 5.21. The van der Waals surface area contributed by atoms with Gasteiger partial charge in [0.25, 0.3) is 0 Å². The van der Waals surface area contributed by atoms with E-state index in [1.165, 1.54) is 19.3 Å². The molecule has 1 atom stereocenters. The van der Waals surface area contributed by atoms with Crippen LogP contribution in [0.5, 0.6) is 0 Å². The maximum atomic E-state index is 5.46. The molecular weight excluding hydrogens is 324 g/mol. The Balaban J connectivity index is 1.90. The molecule has 1 aromatic heterocycles. The lowest BCUT2D eigenvalue weighted by Crippen LogP contribution is -2.40. The summed E-state index contributed by atoms with van der Waals surface area (Å²) in [5, 5.41) is 6.51. The van der Waals surface area contributed by atoms with E-state index in [0.29, 0.717) is 17.1 Å². The molecule has 0 spiro atoms. The molecule has 0 amide bonds. The van der Waals surface area contributed by atoms with E-state index in [9.17, 15) is 0 Å². The van der Waals surface area contributed by atoms with E-state index in [-0.39, 0.29) is 0 Å². The number of anilines is 3. The highest BCUT2D eigenvalue weighted by molar-refractivity contribution is 7.80. The minimum atomic E-state index is 0.496. The van der Waals surface area contributed by atoms with Gasteiger partial charge in [-0.05, 0) is 38.4 Å². The van der Waals surface area contributed by atoms with Crippen molar-refractivity contribution in [2.45, 2.75) is 32.2 Å². The molecule has 0 saturated carbocycles. The molecule has 1 aromatic rings. The fourth-order valence-electron chi connectivity index (χ4n) is 3.18. The zero-order valence-corrected chi connectivity index (χ0v) is 15.2. The third-order valence-corrected chi connectivity index (χ3v) is 4.89. The van der Waals surface area contributed by atoms with Crippen molar-refractivity contribution in [2.24, 2.45) is 0 Å². The molecule has 24 heavy (non-hydrogen) atoms. The van der Waals surface area contributed by atoms with Crippen LogP contribution in [-0.4, -0.2) is 61.0 Å². The second-order valence-electron chi connectivity index (χ2n) is 6.25. The Kier molecular flexibility index (Phi) is 5.68. The quantitative estimate of drug-likeness (QED) is 0.797. The molecule has 7 nitrogen and oxygen atoms in total. The van der Waals surface area contributed by atoms with Gasteiger partial charge in [0, 0.05) is 38.8 Å². The van der Waals surface area contributed by atoms with Crippen LogP contribution in [0, 0.1) is 0 Å². The van der Waals surface area contributed by atoms with Gasteiger partial charge >= 0.3 is 0 Å². The van der Waals surface area contributed by atoms with Crippen LogP contribution in [0.2, 0.25) is 0 Å². The molecule has 2 N–H and O–H groups in total. The number of ether oxygens (including phenoxy) is 1. The first-order chi connectivity index (χ1) is 11.7. The highest BCUT2D eigenvalue weighted by Gasteiger charge is 2.23. The van der Waals surface area contributed by atoms with Gasteiger partial charge in [0.15, 0.2) is 5.11 Å². The van der Waals surface area contributed by atoms with Crippen LogP contribution in [0.25, 0.3) is 0 Å². The third kappa shape index (κ3) is 4.05. The van der Waals surface area contributed by atoms with Crippen LogP contribution < -0.4 is 20.4 Å². The highest BCUT2D eigenvalue weighted by Crippen LogP contribution is 2.27. The van der Waals surface area contributed by atoms with Crippen LogP contribution in [0.3, 0.4) is 0 Å². The lowest BCUT2D eigenvalue weighted by molar-refractivity contribution is 0.122. The summed E-state index contributed by atoms with van der Waals surface area (Å²) in [6.07, 6.45) is 3.70. The number of piperidine rings is 1. The number of nitrogens with zero attached hydrogens (tertiary/aromatic N) is 4. The van der Waals surface area contributed by atoms with Gasteiger partial charge in [-0.25, -0.2) is 0 Å². The van der Waals surface area contributed by atoms with Gasteiger partial charge in [0.2, 0.25) is 5.95 Å². The zero-order chi connectivity index (χ0) is 16.9. The van der Waals surface area contributed by atoms with Crippen molar-refractivity contribution < 1.29 is 4.74 Å². The van der Waals surface area contributed by atoms with E-state index in [0.717, 1.165) is 44.5 Å². The molecule has 3 heterocycles. The fraction of sp³-hybridized carbons (Fsp3) is 0.688. The first kappa shape index (κ1) is 17.2. The van der Waals surface area contributed by atoms with E-state index in [1.807, 2.05) is 0 Å². The third-order valence-electron chi connectivity index (χ3n) is 4.58. The predicted octanol–water partition coefficient (Wildman–Crippen LogP) is 1.61. The predicted molar refractivity (Wildman–Crippen MR) is 101 cm³/mol. The Morgan fingerprint density at radius 1 is 1.21 bits per heavy atom. The summed E-state index contributed by atoms with van der Waals surface area (Å²) in [4.78, 5) is 14.0. The number of thiocarbonyl (C=S) groups is 1. The SMILES string of the molecule is CNC(=S)Nc1nc(N2CCOCC2)cc(N2CCCCC2C)n1. The van der Waals surface area contributed by atoms with Gasteiger partial charge < -0.3 is 25.2 Å². The molecule has 2 fully saturated rings. The smallest absolute Gasteiger partial charge is 0.232 e. The normalized spacial score (nSPS) is 21.5. The van der Waals surface area contributed by atoms with Crippen molar-refractivity contribution in [3.8, 4) is 0 Å². The number of hydrogen-bond acceptors (Lipinski definition) is 6. The van der Waals surface area contributed by atoms with Crippen LogP contribution in [0.15, 0.2) is 6.07 Å². The van der Waals surface area contributed by atoms with E-state index in [1.54, 1.807) is 7.05 Å². The second kappa shape index (κ2) is 7.94. The number of aromatic nitrogens is 2. The first-order valence-electron chi connectivity index (χ1n) is 8.64. The van der Waals surface area contributed by atoms with E-state index < -0.39 is 0 Å². The summed E-state index contributed by atoms with van der Waals surface area (Å²) in [5.74, 6) is 2.45. The summed E-state index contributed by atoms with van der Waals surface area (Å²) < 4.78 is 5.46. The lowest BCUT2D eigenvalue weighted by Gasteiger charge is -2.35.